The first-order valence-corrected chi connectivity index (χ1v) is 9.54. The van der Waals surface area contributed by atoms with Crippen molar-refractivity contribution < 1.29 is 24.2 Å². The molecule has 0 aromatic heterocycles. The number of hydrogen-bond acceptors (Lipinski definition) is 5. The Kier molecular flexibility index (Phi) is 6.21. The van der Waals surface area contributed by atoms with E-state index >= 15 is 0 Å². The van der Waals surface area contributed by atoms with Crippen LogP contribution >= 0.6 is 23.2 Å². The molecule has 0 radical (unpaired) electrons. The fraction of sp³-hybridized carbons (Fsp3) is 0.300. The van der Waals surface area contributed by atoms with E-state index in [4.69, 9.17) is 32.7 Å². The summed E-state index contributed by atoms with van der Waals surface area (Å²) in [5, 5.41) is 13.7. The summed E-state index contributed by atoms with van der Waals surface area (Å²) in [6.07, 6.45) is -1.10. The molecule has 2 unspecified atom stereocenters. The second-order valence-corrected chi connectivity index (χ2v) is 7.58. The minimum absolute atomic E-state index is 0.155. The van der Waals surface area contributed by atoms with Gasteiger partial charge in [0.15, 0.2) is 0 Å². The van der Waals surface area contributed by atoms with Crippen molar-refractivity contribution in [2.24, 2.45) is 0 Å². The molecule has 1 heterocycles. The van der Waals surface area contributed by atoms with Gasteiger partial charge in [-0.25, -0.2) is 4.79 Å². The van der Waals surface area contributed by atoms with Crippen LogP contribution in [-0.2, 0) is 10.3 Å². The van der Waals surface area contributed by atoms with E-state index in [2.05, 4.69) is 5.32 Å². The number of hydrogen-bond donors (Lipinski definition) is 2. The quantitative estimate of drug-likeness (QED) is 0.647. The summed E-state index contributed by atoms with van der Waals surface area (Å²) in [7, 11) is 1.54. The van der Waals surface area contributed by atoms with Gasteiger partial charge < -0.3 is 19.9 Å². The SMILES string of the molecule is COc1ccc(C2(C)NC(=O)N(CC(O)COc3ccc(Cl)cc3Cl)C2=O)cc1. The number of carbonyl (C=O) groups is 2. The van der Waals surface area contributed by atoms with Crippen molar-refractivity contribution >= 4 is 35.1 Å². The molecule has 0 bridgehead atoms. The second-order valence-electron chi connectivity index (χ2n) is 6.74. The van der Waals surface area contributed by atoms with Crippen LogP contribution in [0.1, 0.15) is 12.5 Å². The van der Waals surface area contributed by atoms with E-state index in [1.165, 1.54) is 6.07 Å². The Morgan fingerprint density at radius 2 is 1.86 bits per heavy atom. The highest BCUT2D eigenvalue weighted by Crippen LogP contribution is 2.30. The Morgan fingerprint density at radius 1 is 1.17 bits per heavy atom. The van der Waals surface area contributed by atoms with Crippen molar-refractivity contribution in [1.29, 1.82) is 0 Å². The third-order valence-corrected chi connectivity index (χ3v) is 5.19. The van der Waals surface area contributed by atoms with E-state index in [-0.39, 0.29) is 13.2 Å². The molecule has 3 rings (SSSR count). The molecule has 0 spiro atoms. The maximum atomic E-state index is 12.9. The average Bonchev–Trinajstić information content (AvgIpc) is 2.91. The first-order valence-electron chi connectivity index (χ1n) is 8.79. The zero-order valence-corrected chi connectivity index (χ0v) is 17.3. The van der Waals surface area contributed by atoms with Gasteiger partial charge in [-0.05, 0) is 42.8 Å². The molecule has 29 heavy (non-hydrogen) atoms. The van der Waals surface area contributed by atoms with Gasteiger partial charge in [0.05, 0.1) is 18.7 Å². The van der Waals surface area contributed by atoms with Crippen LogP contribution in [0.3, 0.4) is 0 Å². The van der Waals surface area contributed by atoms with E-state index < -0.39 is 23.6 Å². The molecule has 9 heteroatoms. The van der Waals surface area contributed by atoms with Crippen molar-refractivity contribution in [3.63, 3.8) is 0 Å². The summed E-state index contributed by atoms with van der Waals surface area (Å²) in [5.41, 5.74) is -0.624. The van der Waals surface area contributed by atoms with Gasteiger partial charge in [0.2, 0.25) is 0 Å². The summed E-state index contributed by atoms with van der Waals surface area (Å²) >= 11 is 11.9. The van der Waals surface area contributed by atoms with Crippen molar-refractivity contribution in [2.45, 2.75) is 18.6 Å². The molecule has 2 N–H and O–H groups in total. The zero-order valence-electron chi connectivity index (χ0n) is 15.8. The van der Waals surface area contributed by atoms with Crippen LogP contribution in [0.4, 0.5) is 4.79 Å². The molecular formula is C20H20Cl2N2O5. The molecule has 1 aliphatic rings. The van der Waals surface area contributed by atoms with Gasteiger partial charge in [-0.2, -0.15) is 0 Å². The number of imide groups is 1. The van der Waals surface area contributed by atoms with E-state index in [1.807, 2.05) is 0 Å². The summed E-state index contributed by atoms with van der Waals surface area (Å²) < 4.78 is 10.6. The van der Waals surface area contributed by atoms with Crippen molar-refractivity contribution in [3.05, 3.63) is 58.1 Å². The Balaban J connectivity index is 1.66. The third-order valence-electron chi connectivity index (χ3n) is 4.66. The number of aliphatic hydroxyl groups excluding tert-OH is 1. The minimum Gasteiger partial charge on any atom is -0.497 e. The number of aliphatic hydroxyl groups is 1. The van der Waals surface area contributed by atoms with E-state index in [1.54, 1.807) is 50.4 Å². The highest BCUT2D eigenvalue weighted by Gasteiger charge is 2.49. The van der Waals surface area contributed by atoms with Crippen LogP contribution in [0.25, 0.3) is 0 Å². The molecule has 1 saturated heterocycles. The lowest BCUT2D eigenvalue weighted by Gasteiger charge is -2.23. The van der Waals surface area contributed by atoms with Crippen molar-refractivity contribution in [1.82, 2.24) is 10.2 Å². The Morgan fingerprint density at radius 3 is 2.48 bits per heavy atom. The van der Waals surface area contributed by atoms with Crippen LogP contribution < -0.4 is 14.8 Å². The molecular weight excluding hydrogens is 419 g/mol. The maximum absolute atomic E-state index is 12.9. The molecule has 0 saturated carbocycles. The largest absolute Gasteiger partial charge is 0.497 e. The lowest BCUT2D eigenvalue weighted by atomic mass is 9.92. The van der Waals surface area contributed by atoms with Crippen LogP contribution in [0.2, 0.25) is 10.0 Å². The number of urea groups is 1. The molecule has 3 amide bonds. The number of halogens is 2. The number of β-amino-alcohol motifs (C(OH)–C–C–N with tert-alkyl or cyclic N) is 1. The molecule has 154 valence electrons. The highest BCUT2D eigenvalue weighted by atomic mass is 35.5. The maximum Gasteiger partial charge on any atom is 0.325 e. The molecule has 7 nitrogen and oxygen atoms in total. The molecule has 2 aromatic carbocycles. The monoisotopic (exact) mass is 438 g/mol. The summed E-state index contributed by atoms with van der Waals surface area (Å²) in [5.74, 6) is 0.519. The lowest BCUT2D eigenvalue weighted by molar-refractivity contribution is -0.132. The van der Waals surface area contributed by atoms with Crippen LogP contribution in [-0.4, -0.2) is 48.3 Å². The molecule has 0 aliphatic carbocycles. The number of nitrogens with zero attached hydrogens (tertiary/aromatic N) is 1. The lowest BCUT2D eigenvalue weighted by Crippen LogP contribution is -2.42. The number of methoxy groups -OCH3 is 1. The number of benzene rings is 2. The third kappa shape index (κ3) is 4.42. The average molecular weight is 439 g/mol. The van der Waals surface area contributed by atoms with E-state index in [0.717, 1.165) is 4.90 Å². The molecule has 2 atom stereocenters. The first kappa shape index (κ1) is 21.2. The van der Waals surface area contributed by atoms with E-state index in [0.29, 0.717) is 27.1 Å². The van der Waals surface area contributed by atoms with Gasteiger partial charge in [-0.3, -0.25) is 9.69 Å². The van der Waals surface area contributed by atoms with Gasteiger partial charge in [-0.15, -0.1) is 0 Å². The van der Waals surface area contributed by atoms with Gasteiger partial charge in [0, 0.05) is 5.02 Å². The normalized spacial score (nSPS) is 19.8. The first-order chi connectivity index (χ1) is 13.7. The number of amides is 3. The van der Waals surface area contributed by atoms with Crippen LogP contribution in [0.5, 0.6) is 11.5 Å². The summed E-state index contributed by atoms with van der Waals surface area (Å²) in [4.78, 5) is 26.3. The second kappa shape index (κ2) is 8.49. The van der Waals surface area contributed by atoms with E-state index in [9.17, 15) is 14.7 Å². The number of ether oxygens (including phenoxy) is 2. The smallest absolute Gasteiger partial charge is 0.325 e. The topological polar surface area (TPSA) is 88.1 Å². The van der Waals surface area contributed by atoms with Crippen LogP contribution in [0, 0.1) is 0 Å². The summed E-state index contributed by atoms with van der Waals surface area (Å²) in [6, 6.07) is 11.0. The van der Waals surface area contributed by atoms with Gasteiger partial charge >= 0.3 is 6.03 Å². The molecule has 2 aromatic rings. The van der Waals surface area contributed by atoms with Crippen LogP contribution in [0.15, 0.2) is 42.5 Å². The standard InChI is InChI=1S/C20H20Cl2N2O5/c1-20(12-3-6-15(28-2)7-4-12)18(26)24(19(27)23-20)10-14(25)11-29-17-8-5-13(21)9-16(17)22/h3-9,14,25H,10-11H2,1-2H3,(H,23,27). The highest BCUT2D eigenvalue weighted by molar-refractivity contribution is 6.35. The predicted molar refractivity (Wildman–Crippen MR) is 109 cm³/mol. The number of nitrogens with one attached hydrogen (secondary N) is 1. The molecule has 1 aliphatic heterocycles. The Labute approximate surface area is 178 Å². The van der Waals surface area contributed by atoms with Gasteiger partial charge in [-0.1, -0.05) is 35.3 Å². The Bertz CT molecular complexity index is 922. The zero-order chi connectivity index (χ0) is 21.2. The fourth-order valence-electron chi connectivity index (χ4n) is 3.02. The van der Waals surface area contributed by atoms with Gasteiger partial charge in [0.1, 0.15) is 29.7 Å². The van der Waals surface area contributed by atoms with Crippen molar-refractivity contribution in [3.8, 4) is 11.5 Å². The minimum atomic E-state index is -1.23. The Hall–Kier alpha value is -2.48. The number of rotatable bonds is 7. The number of carbonyl (C=O) groups excluding carboxylic acids is 2. The summed E-state index contributed by atoms with van der Waals surface area (Å²) in [6.45, 7) is 1.24. The van der Waals surface area contributed by atoms with Gasteiger partial charge in [0.25, 0.3) is 5.91 Å². The fourth-order valence-corrected chi connectivity index (χ4v) is 3.49. The van der Waals surface area contributed by atoms with Crippen molar-refractivity contribution in [2.75, 3.05) is 20.3 Å². The predicted octanol–water partition coefficient (Wildman–Crippen LogP) is 3.21. The molecule has 1 fully saturated rings.